The molecule has 20 heavy (non-hydrogen) atoms. The van der Waals surface area contributed by atoms with E-state index < -0.39 is 0 Å². The van der Waals surface area contributed by atoms with Crippen LogP contribution in [0.3, 0.4) is 0 Å². The molecule has 0 amide bonds. The molecule has 0 aliphatic rings. The number of nitrogens with two attached hydrogens (primary N) is 1. The number of nitrogens with zero attached hydrogens (tertiary/aromatic N) is 7. The van der Waals surface area contributed by atoms with Crippen molar-refractivity contribution in [3.05, 3.63) is 31.1 Å². The Balaban J connectivity index is 2.15. The second-order valence-electron chi connectivity index (χ2n) is 3.70. The fraction of sp³-hybridized carbons (Fsp3) is 0.0909. The van der Waals surface area contributed by atoms with Crippen molar-refractivity contribution in [3.8, 4) is 23.3 Å². The number of ether oxygens (including phenoxy) is 1. The molecule has 0 saturated heterocycles. The molecule has 3 rings (SSSR count). The van der Waals surface area contributed by atoms with E-state index in [1.807, 2.05) is 0 Å². The minimum Gasteiger partial charge on any atom is -0.479 e. The van der Waals surface area contributed by atoms with E-state index in [1.165, 1.54) is 19.5 Å². The summed E-state index contributed by atoms with van der Waals surface area (Å²) in [5.74, 6) is 1.02. The van der Waals surface area contributed by atoms with Gasteiger partial charge in [0.15, 0.2) is 11.5 Å². The molecule has 0 unspecified atom stereocenters. The van der Waals surface area contributed by atoms with Crippen LogP contribution in [0.15, 0.2) is 31.1 Å². The minimum absolute atomic E-state index is 0.0754. The number of aromatic nitrogens is 7. The molecule has 9 nitrogen and oxygen atoms in total. The summed E-state index contributed by atoms with van der Waals surface area (Å²) >= 11 is 0. The van der Waals surface area contributed by atoms with Gasteiger partial charge in [-0.2, -0.15) is 15.0 Å². The molecule has 0 aromatic carbocycles. The number of methoxy groups -OCH3 is 1. The standard InChI is InChI=1S/C11H10N8O/c1-20-9-7(14-2-3-15-9)8-16-10(12)18-11(17-8)19-5-4-13-6-19/h2-6H,1H3,(H2,12,16,17,18). The van der Waals surface area contributed by atoms with Crippen molar-refractivity contribution < 1.29 is 4.74 Å². The first-order valence-electron chi connectivity index (χ1n) is 5.63. The van der Waals surface area contributed by atoms with Gasteiger partial charge in [0.2, 0.25) is 17.8 Å². The topological polar surface area (TPSA) is 118 Å². The fourth-order valence-corrected chi connectivity index (χ4v) is 1.61. The van der Waals surface area contributed by atoms with Crippen LogP contribution >= 0.6 is 0 Å². The highest BCUT2D eigenvalue weighted by Crippen LogP contribution is 2.22. The Morgan fingerprint density at radius 1 is 1.10 bits per heavy atom. The van der Waals surface area contributed by atoms with Crippen molar-refractivity contribution in [1.29, 1.82) is 0 Å². The summed E-state index contributed by atoms with van der Waals surface area (Å²) in [4.78, 5) is 24.5. The molecular weight excluding hydrogens is 260 g/mol. The summed E-state index contributed by atoms with van der Waals surface area (Å²) in [5, 5.41) is 0. The minimum atomic E-state index is 0.0754. The lowest BCUT2D eigenvalue weighted by molar-refractivity contribution is 0.397. The van der Waals surface area contributed by atoms with E-state index in [2.05, 4.69) is 29.9 Å². The van der Waals surface area contributed by atoms with Gasteiger partial charge in [0, 0.05) is 24.8 Å². The molecule has 2 N–H and O–H groups in total. The zero-order valence-electron chi connectivity index (χ0n) is 10.5. The fourth-order valence-electron chi connectivity index (χ4n) is 1.61. The highest BCUT2D eigenvalue weighted by Gasteiger charge is 2.14. The molecule has 0 atom stereocenters. The number of hydrogen-bond donors (Lipinski definition) is 1. The quantitative estimate of drug-likeness (QED) is 0.712. The lowest BCUT2D eigenvalue weighted by Gasteiger charge is -2.06. The lowest BCUT2D eigenvalue weighted by Crippen LogP contribution is -2.08. The maximum Gasteiger partial charge on any atom is 0.243 e. The van der Waals surface area contributed by atoms with Crippen LogP contribution < -0.4 is 10.5 Å². The molecule has 0 aliphatic heterocycles. The summed E-state index contributed by atoms with van der Waals surface area (Å²) in [6.45, 7) is 0. The van der Waals surface area contributed by atoms with Crippen molar-refractivity contribution in [3.63, 3.8) is 0 Å². The van der Waals surface area contributed by atoms with Crippen LogP contribution in [0.4, 0.5) is 5.95 Å². The van der Waals surface area contributed by atoms with Crippen LogP contribution in [0.2, 0.25) is 0 Å². The number of imidazole rings is 1. The van der Waals surface area contributed by atoms with E-state index in [-0.39, 0.29) is 11.8 Å². The molecule has 9 heteroatoms. The maximum atomic E-state index is 5.71. The molecule has 100 valence electrons. The van der Waals surface area contributed by atoms with Gasteiger partial charge < -0.3 is 10.5 Å². The number of rotatable bonds is 3. The van der Waals surface area contributed by atoms with Crippen LogP contribution in [0.25, 0.3) is 17.5 Å². The molecule has 0 saturated carbocycles. The Morgan fingerprint density at radius 2 is 1.95 bits per heavy atom. The molecular formula is C11H10N8O. The molecule has 0 radical (unpaired) electrons. The van der Waals surface area contributed by atoms with Crippen molar-refractivity contribution in [2.75, 3.05) is 12.8 Å². The summed E-state index contributed by atoms with van der Waals surface area (Å²) < 4.78 is 6.75. The first-order valence-corrected chi connectivity index (χ1v) is 5.63. The molecule has 0 aliphatic carbocycles. The van der Waals surface area contributed by atoms with Crippen LogP contribution in [-0.4, -0.2) is 41.6 Å². The first kappa shape index (κ1) is 12.0. The van der Waals surface area contributed by atoms with Crippen molar-refractivity contribution in [1.82, 2.24) is 34.5 Å². The van der Waals surface area contributed by atoms with Gasteiger partial charge in [-0.15, -0.1) is 0 Å². The molecule has 0 fully saturated rings. The molecule has 0 spiro atoms. The molecule has 3 aromatic rings. The largest absolute Gasteiger partial charge is 0.479 e. The Morgan fingerprint density at radius 3 is 2.70 bits per heavy atom. The third-order valence-electron chi connectivity index (χ3n) is 2.45. The van der Waals surface area contributed by atoms with Crippen LogP contribution in [0.1, 0.15) is 0 Å². The van der Waals surface area contributed by atoms with Gasteiger partial charge in [-0.1, -0.05) is 0 Å². The Bertz CT molecular complexity index is 727. The van der Waals surface area contributed by atoms with E-state index in [9.17, 15) is 0 Å². The van der Waals surface area contributed by atoms with E-state index >= 15 is 0 Å². The number of nitrogen functional groups attached to an aromatic ring is 1. The third kappa shape index (κ3) is 2.11. The lowest BCUT2D eigenvalue weighted by atomic mass is 10.4. The highest BCUT2D eigenvalue weighted by molar-refractivity contribution is 5.57. The SMILES string of the molecule is COc1nccnc1-c1nc(N)nc(-n2ccnc2)n1. The van der Waals surface area contributed by atoms with Gasteiger partial charge in [-0.3, -0.25) is 4.57 Å². The maximum absolute atomic E-state index is 5.71. The summed E-state index contributed by atoms with van der Waals surface area (Å²) in [6.07, 6.45) is 7.92. The predicted molar refractivity (Wildman–Crippen MR) is 68.9 cm³/mol. The second-order valence-corrected chi connectivity index (χ2v) is 3.70. The van der Waals surface area contributed by atoms with Crippen molar-refractivity contribution >= 4 is 5.95 Å². The van der Waals surface area contributed by atoms with E-state index in [0.29, 0.717) is 17.5 Å². The Hall–Kier alpha value is -3.10. The van der Waals surface area contributed by atoms with Crippen LogP contribution in [0, 0.1) is 0 Å². The monoisotopic (exact) mass is 270 g/mol. The van der Waals surface area contributed by atoms with E-state index in [4.69, 9.17) is 10.5 Å². The number of hydrogen-bond acceptors (Lipinski definition) is 8. The van der Waals surface area contributed by atoms with E-state index in [0.717, 1.165) is 0 Å². The Kier molecular flexibility index (Phi) is 2.92. The summed E-state index contributed by atoms with van der Waals surface area (Å²) in [7, 11) is 1.49. The zero-order chi connectivity index (χ0) is 13.9. The van der Waals surface area contributed by atoms with Gasteiger partial charge in [-0.05, 0) is 0 Å². The number of anilines is 1. The highest BCUT2D eigenvalue weighted by atomic mass is 16.5. The van der Waals surface area contributed by atoms with Gasteiger partial charge in [0.1, 0.15) is 6.33 Å². The Labute approximate surface area is 113 Å². The van der Waals surface area contributed by atoms with Gasteiger partial charge in [-0.25, -0.2) is 15.0 Å². The van der Waals surface area contributed by atoms with Crippen molar-refractivity contribution in [2.45, 2.75) is 0 Å². The second kappa shape index (κ2) is 4.88. The third-order valence-corrected chi connectivity index (χ3v) is 2.45. The molecule has 0 bridgehead atoms. The van der Waals surface area contributed by atoms with Crippen LogP contribution in [-0.2, 0) is 0 Å². The van der Waals surface area contributed by atoms with Gasteiger partial charge in [0.05, 0.1) is 7.11 Å². The van der Waals surface area contributed by atoms with Crippen LogP contribution in [0.5, 0.6) is 5.88 Å². The normalized spacial score (nSPS) is 10.4. The van der Waals surface area contributed by atoms with E-state index in [1.54, 1.807) is 23.3 Å². The summed E-state index contributed by atoms with van der Waals surface area (Å²) in [5.41, 5.74) is 6.10. The summed E-state index contributed by atoms with van der Waals surface area (Å²) in [6, 6.07) is 0. The molecule has 3 aromatic heterocycles. The van der Waals surface area contributed by atoms with Gasteiger partial charge in [0.25, 0.3) is 0 Å². The van der Waals surface area contributed by atoms with Crippen molar-refractivity contribution in [2.24, 2.45) is 0 Å². The molecule has 3 heterocycles. The van der Waals surface area contributed by atoms with Gasteiger partial charge >= 0.3 is 0 Å². The average Bonchev–Trinajstić information content (AvgIpc) is 3.01. The smallest absolute Gasteiger partial charge is 0.243 e. The zero-order valence-corrected chi connectivity index (χ0v) is 10.5. The predicted octanol–water partition coefficient (Wildman–Crippen LogP) is 0.105. The average molecular weight is 270 g/mol. The first-order chi connectivity index (χ1) is 9.78.